The molecule has 0 rings (SSSR count). The van der Waals surface area contributed by atoms with E-state index in [0.29, 0.717) is 17.4 Å². The van der Waals surface area contributed by atoms with Crippen LogP contribution in [0.2, 0.25) is 0 Å². The van der Waals surface area contributed by atoms with Crippen molar-refractivity contribution in [3.63, 3.8) is 0 Å². The van der Waals surface area contributed by atoms with Gasteiger partial charge in [-0.2, -0.15) is 0 Å². The average molecular weight is 867 g/mol. The number of phosphoric acid groups is 1. The summed E-state index contributed by atoms with van der Waals surface area (Å²) in [6.45, 7) is 4.36. The van der Waals surface area contributed by atoms with Gasteiger partial charge in [0.25, 0.3) is 0 Å². The molecule has 0 aliphatic heterocycles. The van der Waals surface area contributed by atoms with E-state index < -0.39 is 26.5 Å². The fourth-order valence-corrected chi connectivity index (χ4v) is 7.24. The minimum atomic E-state index is -4.39. The minimum Gasteiger partial charge on any atom is -0.462 e. The van der Waals surface area contributed by atoms with Gasteiger partial charge in [-0.3, -0.25) is 18.6 Å². The van der Waals surface area contributed by atoms with Crippen LogP contribution in [0, 0.1) is 0 Å². The molecular formula is C50H93NO8P+. The number of carbonyl (C=O) groups excluding carboxylic acids is 2. The van der Waals surface area contributed by atoms with Crippen LogP contribution in [0.1, 0.15) is 206 Å². The van der Waals surface area contributed by atoms with Gasteiger partial charge in [0.1, 0.15) is 19.8 Å². The van der Waals surface area contributed by atoms with Crippen LogP contribution in [-0.2, 0) is 32.7 Å². The highest BCUT2D eigenvalue weighted by Gasteiger charge is 2.27. The third kappa shape index (κ3) is 45.5. The Labute approximate surface area is 369 Å². The smallest absolute Gasteiger partial charge is 0.462 e. The summed E-state index contributed by atoms with van der Waals surface area (Å²) in [5.74, 6) is -0.854. The maximum Gasteiger partial charge on any atom is 0.472 e. The lowest BCUT2D eigenvalue weighted by Gasteiger charge is -2.24. The number of ether oxygens (including phenoxy) is 2. The second-order valence-corrected chi connectivity index (χ2v) is 18.9. The Morgan fingerprint density at radius 1 is 0.517 bits per heavy atom. The van der Waals surface area contributed by atoms with Crippen LogP contribution in [0.4, 0.5) is 0 Å². The van der Waals surface area contributed by atoms with E-state index >= 15 is 0 Å². The second-order valence-electron chi connectivity index (χ2n) is 17.5. The quantitative estimate of drug-likeness (QED) is 0.0212. The zero-order valence-corrected chi connectivity index (χ0v) is 40.3. The molecule has 10 heteroatoms. The van der Waals surface area contributed by atoms with Crippen molar-refractivity contribution in [1.29, 1.82) is 0 Å². The van der Waals surface area contributed by atoms with Crippen molar-refractivity contribution in [2.75, 3.05) is 47.5 Å². The third-order valence-corrected chi connectivity index (χ3v) is 11.3. The van der Waals surface area contributed by atoms with E-state index in [4.69, 9.17) is 18.5 Å². The van der Waals surface area contributed by atoms with Gasteiger partial charge in [-0.1, -0.05) is 172 Å². The molecule has 0 amide bonds. The minimum absolute atomic E-state index is 0.0227. The highest BCUT2D eigenvalue weighted by molar-refractivity contribution is 7.47. The molecule has 0 aromatic heterocycles. The lowest BCUT2D eigenvalue weighted by atomic mass is 10.1. The van der Waals surface area contributed by atoms with E-state index in [2.05, 4.69) is 62.5 Å². The molecular weight excluding hydrogens is 774 g/mol. The lowest BCUT2D eigenvalue weighted by Crippen LogP contribution is -2.37. The number of quaternary nitrogens is 1. The van der Waals surface area contributed by atoms with E-state index in [1.54, 1.807) is 0 Å². The summed E-state index contributed by atoms with van der Waals surface area (Å²) in [5.41, 5.74) is 0. The molecule has 0 radical (unpaired) electrons. The number of carbonyl (C=O) groups is 2. The first kappa shape index (κ1) is 58.0. The number of phosphoric ester groups is 1. The molecule has 0 saturated heterocycles. The van der Waals surface area contributed by atoms with Crippen LogP contribution in [0.5, 0.6) is 0 Å². The van der Waals surface area contributed by atoms with Crippen molar-refractivity contribution in [3.8, 4) is 0 Å². The number of rotatable bonds is 44. The van der Waals surface area contributed by atoms with Crippen LogP contribution in [-0.4, -0.2) is 74.9 Å². The van der Waals surface area contributed by atoms with Gasteiger partial charge in [0.2, 0.25) is 0 Å². The van der Waals surface area contributed by atoms with Gasteiger partial charge in [0, 0.05) is 12.8 Å². The molecule has 0 aromatic rings. The molecule has 0 bridgehead atoms. The van der Waals surface area contributed by atoms with Crippen LogP contribution in [0.15, 0.2) is 48.6 Å². The molecule has 0 heterocycles. The van der Waals surface area contributed by atoms with Crippen molar-refractivity contribution in [3.05, 3.63) is 48.6 Å². The highest BCUT2D eigenvalue weighted by Crippen LogP contribution is 2.43. The van der Waals surface area contributed by atoms with Crippen LogP contribution in [0.3, 0.4) is 0 Å². The summed E-state index contributed by atoms with van der Waals surface area (Å²) in [5, 5.41) is 0. The van der Waals surface area contributed by atoms with Gasteiger partial charge < -0.3 is 18.9 Å². The Morgan fingerprint density at radius 2 is 0.917 bits per heavy atom. The van der Waals surface area contributed by atoms with Gasteiger partial charge in [-0.25, -0.2) is 4.57 Å². The molecule has 0 fully saturated rings. The molecule has 1 unspecified atom stereocenters. The van der Waals surface area contributed by atoms with Gasteiger partial charge in [-0.05, 0) is 70.6 Å². The Morgan fingerprint density at radius 3 is 1.40 bits per heavy atom. The van der Waals surface area contributed by atoms with E-state index in [0.717, 1.165) is 44.9 Å². The standard InChI is InChI=1S/C50H92NO8P/c1-6-8-10-12-14-16-18-20-22-24-25-27-28-30-32-34-36-38-40-42-49(52)56-46-48(47-58-60(54,55)57-45-44-51(3,4)5)59-50(53)43-41-39-37-35-33-31-29-26-23-21-19-17-15-13-11-9-7-2/h14,16,20,22,29,31,35,37,48H,6-13,15,17-19,21,23-28,30,32-34,36,38-47H2,1-5H3/p+1/b16-14+,22-20+,31-29+,37-35+/t48-/m1/s1. The van der Waals surface area contributed by atoms with Crippen molar-refractivity contribution >= 4 is 19.8 Å². The van der Waals surface area contributed by atoms with Crippen LogP contribution >= 0.6 is 7.82 Å². The largest absolute Gasteiger partial charge is 0.472 e. The van der Waals surface area contributed by atoms with Gasteiger partial charge >= 0.3 is 19.8 Å². The first-order valence-electron chi connectivity index (χ1n) is 24.4. The fraction of sp³-hybridized carbons (Fsp3) is 0.800. The van der Waals surface area contributed by atoms with Gasteiger partial charge in [0.15, 0.2) is 6.10 Å². The van der Waals surface area contributed by atoms with Crippen molar-refractivity contribution in [2.24, 2.45) is 0 Å². The first-order chi connectivity index (χ1) is 29.0. The van der Waals surface area contributed by atoms with E-state index in [-0.39, 0.29) is 32.0 Å². The zero-order chi connectivity index (χ0) is 44.3. The number of esters is 2. The molecule has 350 valence electrons. The normalized spacial score (nSPS) is 13.9. The molecule has 0 aliphatic carbocycles. The Bertz CT molecular complexity index is 1160. The molecule has 0 aliphatic rings. The number of hydrogen-bond acceptors (Lipinski definition) is 7. The SMILES string of the molecule is CCCCC/C=C/C/C=C/CCCCCCCCCCCC(=O)OC[C@H](COP(=O)(O)OCC[N+](C)(C)C)OC(=O)CCC/C=C/C/C=C/CCCCCCCCCCC. The molecule has 60 heavy (non-hydrogen) atoms. The molecule has 1 N–H and O–H groups in total. The number of unbranched alkanes of at least 4 members (excludes halogenated alkanes) is 22. The summed E-state index contributed by atoms with van der Waals surface area (Å²) in [4.78, 5) is 35.4. The second kappa shape index (κ2) is 42.3. The van der Waals surface area contributed by atoms with E-state index in [9.17, 15) is 19.0 Å². The van der Waals surface area contributed by atoms with Crippen molar-refractivity contribution < 1.29 is 42.1 Å². The van der Waals surface area contributed by atoms with Crippen molar-refractivity contribution in [2.45, 2.75) is 213 Å². The Kier molecular flexibility index (Phi) is 40.8. The number of allylic oxidation sites excluding steroid dienone is 8. The summed E-state index contributed by atoms with van der Waals surface area (Å²) in [7, 11) is 1.45. The average Bonchev–Trinajstić information content (AvgIpc) is 3.20. The Balaban J connectivity index is 4.35. The Hall–Kier alpha value is -2.03. The van der Waals surface area contributed by atoms with Gasteiger partial charge in [0.05, 0.1) is 27.7 Å². The zero-order valence-electron chi connectivity index (χ0n) is 39.4. The molecule has 0 saturated carbocycles. The molecule has 2 atom stereocenters. The highest BCUT2D eigenvalue weighted by atomic mass is 31.2. The maximum atomic E-state index is 12.7. The first-order valence-corrected chi connectivity index (χ1v) is 25.9. The summed E-state index contributed by atoms with van der Waals surface area (Å²) in [6.07, 6.45) is 50.2. The van der Waals surface area contributed by atoms with Gasteiger partial charge in [-0.15, -0.1) is 0 Å². The predicted molar refractivity (Wildman–Crippen MR) is 252 cm³/mol. The van der Waals surface area contributed by atoms with Crippen LogP contribution in [0.25, 0.3) is 0 Å². The summed E-state index contributed by atoms with van der Waals surface area (Å²) in [6, 6.07) is 0. The number of nitrogens with zero attached hydrogens (tertiary/aromatic N) is 1. The topological polar surface area (TPSA) is 108 Å². The molecule has 0 aromatic carbocycles. The van der Waals surface area contributed by atoms with Crippen LogP contribution < -0.4 is 0 Å². The monoisotopic (exact) mass is 867 g/mol. The fourth-order valence-electron chi connectivity index (χ4n) is 6.50. The van der Waals surface area contributed by atoms with Crippen molar-refractivity contribution in [1.82, 2.24) is 0 Å². The lowest BCUT2D eigenvalue weighted by molar-refractivity contribution is -0.870. The summed E-state index contributed by atoms with van der Waals surface area (Å²) >= 11 is 0. The van der Waals surface area contributed by atoms with E-state index in [1.807, 2.05) is 21.1 Å². The molecule has 9 nitrogen and oxygen atoms in total. The summed E-state index contributed by atoms with van der Waals surface area (Å²) < 4.78 is 34.3. The number of likely N-dealkylation sites (N-methyl/N-ethyl adjacent to an activating group) is 1. The number of hydrogen-bond donors (Lipinski definition) is 1. The predicted octanol–water partition coefficient (Wildman–Crippen LogP) is 14.2. The third-order valence-electron chi connectivity index (χ3n) is 10.3. The van der Waals surface area contributed by atoms with E-state index in [1.165, 1.54) is 128 Å². The molecule has 0 spiro atoms. The maximum absolute atomic E-state index is 12.7.